The Kier molecular flexibility index (Phi) is 5.16. The molecule has 0 bridgehead atoms. The van der Waals surface area contributed by atoms with Gasteiger partial charge in [0.1, 0.15) is 18.0 Å². The van der Waals surface area contributed by atoms with Crippen molar-refractivity contribution in [3.05, 3.63) is 59.7 Å². The maximum absolute atomic E-state index is 12.9. The zero-order valence-corrected chi connectivity index (χ0v) is 16.0. The summed E-state index contributed by atoms with van der Waals surface area (Å²) in [5.74, 6) is -0.871. The van der Waals surface area contributed by atoms with Crippen LogP contribution in [0.3, 0.4) is 0 Å². The van der Waals surface area contributed by atoms with Crippen LogP contribution in [0.5, 0.6) is 0 Å². The van der Waals surface area contributed by atoms with Crippen molar-refractivity contribution in [2.24, 2.45) is 4.99 Å². The minimum atomic E-state index is -0.388. The van der Waals surface area contributed by atoms with E-state index in [9.17, 15) is 14.4 Å². The second-order valence-corrected chi connectivity index (χ2v) is 7.10. The van der Waals surface area contributed by atoms with Crippen LogP contribution in [-0.2, 0) is 14.3 Å². The van der Waals surface area contributed by atoms with Gasteiger partial charge in [0.15, 0.2) is 0 Å². The minimum Gasteiger partial charge on any atom is -0.460 e. The van der Waals surface area contributed by atoms with Gasteiger partial charge in [-0.3, -0.25) is 19.4 Å². The Bertz CT molecular complexity index is 919. The van der Waals surface area contributed by atoms with E-state index in [0.29, 0.717) is 30.6 Å². The number of nitrogens with zero attached hydrogens (tertiary/aromatic N) is 2. The Balaban J connectivity index is 1.41. The molecule has 1 saturated heterocycles. The van der Waals surface area contributed by atoms with E-state index in [1.54, 1.807) is 56.0 Å². The SMILES string of the molecule is CCC(=O)NCC1CC(c2ccc(C(=O)C3=CNC4C=NC=CN34)cc2)C(=O)O1. The molecular formula is C21H22N4O4. The van der Waals surface area contributed by atoms with E-state index in [4.69, 9.17) is 4.74 Å². The lowest BCUT2D eigenvalue weighted by Gasteiger charge is -2.23. The molecule has 3 aliphatic heterocycles. The number of esters is 1. The molecule has 1 aromatic rings. The molecule has 3 unspecified atom stereocenters. The molecule has 1 fully saturated rings. The van der Waals surface area contributed by atoms with Crippen LogP contribution in [0.15, 0.2) is 53.6 Å². The molecular weight excluding hydrogens is 372 g/mol. The van der Waals surface area contributed by atoms with Gasteiger partial charge in [0.2, 0.25) is 11.7 Å². The van der Waals surface area contributed by atoms with E-state index < -0.39 is 0 Å². The number of benzene rings is 1. The van der Waals surface area contributed by atoms with Crippen molar-refractivity contribution in [1.82, 2.24) is 15.5 Å². The first-order chi connectivity index (χ1) is 14.1. The van der Waals surface area contributed by atoms with Crippen molar-refractivity contribution < 1.29 is 19.1 Å². The Hall–Kier alpha value is -3.42. The summed E-state index contributed by atoms with van der Waals surface area (Å²) < 4.78 is 5.38. The number of nitrogens with one attached hydrogen (secondary N) is 2. The first-order valence-corrected chi connectivity index (χ1v) is 9.63. The summed E-state index contributed by atoms with van der Waals surface area (Å²) in [6.07, 6.45) is 7.24. The number of rotatable bonds is 6. The van der Waals surface area contributed by atoms with E-state index in [1.807, 2.05) is 4.90 Å². The number of carbonyl (C=O) groups is 3. The summed E-state index contributed by atoms with van der Waals surface area (Å²) in [6, 6.07) is 7.04. The maximum Gasteiger partial charge on any atom is 0.313 e. The lowest BCUT2D eigenvalue weighted by Crippen LogP contribution is -2.37. The van der Waals surface area contributed by atoms with Gasteiger partial charge in [-0.05, 0) is 5.56 Å². The van der Waals surface area contributed by atoms with Gasteiger partial charge < -0.3 is 20.3 Å². The second kappa shape index (κ2) is 7.90. The molecule has 0 saturated carbocycles. The fourth-order valence-corrected chi connectivity index (χ4v) is 3.60. The highest BCUT2D eigenvalue weighted by atomic mass is 16.6. The van der Waals surface area contributed by atoms with Crippen LogP contribution in [0.1, 0.15) is 41.6 Å². The molecule has 2 N–H and O–H groups in total. The molecule has 4 rings (SSSR count). The summed E-state index contributed by atoms with van der Waals surface area (Å²) in [5.41, 5.74) is 1.88. The number of aliphatic imine (C=N–C) groups is 1. The normalized spacial score (nSPS) is 24.6. The average Bonchev–Trinajstić information content (AvgIpc) is 3.35. The van der Waals surface area contributed by atoms with E-state index in [0.717, 1.165) is 5.56 Å². The number of allylic oxidation sites excluding steroid dienone is 1. The largest absolute Gasteiger partial charge is 0.460 e. The number of carbonyl (C=O) groups excluding carboxylic acids is 3. The Morgan fingerprint density at radius 2 is 2.10 bits per heavy atom. The number of cyclic esters (lactones) is 1. The Morgan fingerprint density at radius 3 is 2.86 bits per heavy atom. The molecule has 0 radical (unpaired) electrons. The summed E-state index contributed by atoms with van der Waals surface area (Å²) in [7, 11) is 0. The van der Waals surface area contributed by atoms with Crippen molar-refractivity contribution in [3.63, 3.8) is 0 Å². The van der Waals surface area contributed by atoms with E-state index in [2.05, 4.69) is 15.6 Å². The fraction of sp³-hybridized carbons (Fsp3) is 0.333. The van der Waals surface area contributed by atoms with Crippen LogP contribution in [0.25, 0.3) is 0 Å². The summed E-state index contributed by atoms with van der Waals surface area (Å²) in [5, 5.41) is 5.85. The summed E-state index contributed by atoms with van der Waals surface area (Å²) >= 11 is 0. The topological polar surface area (TPSA) is 100 Å². The molecule has 0 aliphatic carbocycles. The van der Waals surface area contributed by atoms with Crippen LogP contribution in [0.2, 0.25) is 0 Å². The molecule has 8 heteroatoms. The zero-order valence-electron chi connectivity index (χ0n) is 16.0. The van der Waals surface area contributed by atoms with Crippen molar-refractivity contribution in [2.45, 2.75) is 38.0 Å². The fourth-order valence-electron chi connectivity index (χ4n) is 3.60. The third-order valence-electron chi connectivity index (χ3n) is 5.23. The van der Waals surface area contributed by atoms with Crippen molar-refractivity contribution in [2.75, 3.05) is 6.54 Å². The van der Waals surface area contributed by atoms with Gasteiger partial charge in [0.05, 0.1) is 12.5 Å². The zero-order chi connectivity index (χ0) is 20.4. The van der Waals surface area contributed by atoms with Crippen molar-refractivity contribution in [1.29, 1.82) is 0 Å². The third-order valence-corrected chi connectivity index (χ3v) is 5.23. The minimum absolute atomic E-state index is 0.0693. The average molecular weight is 394 g/mol. The van der Waals surface area contributed by atoms with Gasteiger partial charge in [-0.2, -0.15) is 0 Å². The number of ketones is 1. The lowest BCUT2D eigenvalue weighted by atomic mass is 9.94. The number of Topliss-reactive ketones (excluding diaryl/α,β-unsaturated/α-hetero) is 1. The van der Waals surface area contributed by atoms with E-state index >= 15 is 0 Å². The van der Waals surface area contributed by atoms with Crippen molar-refractivity contribution >= 4 is 23.9 Å². The van der Waals surface area contributed by atoms with Gasteiger partial charge in [0.25, 0.3) is 0 Å². The summed E-state index contributed by atoms with van der Waals surface area (Å²) in [4.78, 5) is 42.4. The van der Waals surface area contributed by atoms with Gasteiger partial charge in [-0.25, -0.2) is 0 Å². The van der Waals surface area contributed by atoms with Gasteiger partial charge >= 0.3 is 5.97 Å². The molecule has 3 aliphatic rings. The first-order valence-electron chi connectivity index (χ1n) is 9.63. The van der Waals surface area contributed by atoms with Gasteiger partial charge in [-0.15, -0.1) is 0 Å². The highest BCUT2D eigenvalue weighted by Crippen LogP contribution is 2.31. The Labute approximate surface area is 168 Å². The molecule has 3 heterocycles. The predicted molar refractivity (Wildman–Crippen MR) is 106 cm³/mol. The second-order valence-electron chi connectivity index (χ2n) is 7.10. The van der Waals surface area contributed by atoms with Crippen LogP contribution in [0, 0.1) is 0 Å². The molecule has 1 amide bonds. The number of hydrogen-bond acceptors (Lipinski definition) is 7. The molecule has 3 atom stereocenters. The van der Waals surface area contributed by atoms with Gasteiger partial charge in [0, 0.05) is 43.2 Å². The van der Waals surface area contributed by atoms with Crippen LogP contribution in [-0.4, -0.2) is 47.6 Å². The van der Waals surface area contributed by atoms with Crippen molar-refractivity contribution in [3.8, 4) is 0 Å². The highest BCUT2D eigenvalue weighted by molar-refractivity contribution is 6.09. The quantitative estimate of drug-likeness (QED) is 0.559. The van der Waals surface area contributed by atoms with Crippen LogP contribution < -0.4 is 10.6 Å². The third kappa shape index (κ3) is 3.78. The number of ether oxygens (including phenoxy) is 1. The standard InChI is InChI=1S/C21H22N4O4/c1-2-19(26)24-10-15-9-16(21(28)29-15)13-3-5-14(6-4-13)20(27)17-11-23-18-12-22-7-8-25(17)18/h3-8,11-12,15-16,18,23H,2,9-10H2,1H3,(H,24,26). The molecule has 1 aromatic carbocycles. The van der Waals surface area contributed by atoms with Crippen LogP contribution in [0.4, 0.5) is 0 Å². The molecule has 0 spiro atoms. The molecule has 29 heavy (non-hydrogen) atoms. The van der Waals surface area contributed by atoms with E-state index in [-0.39, 0.29) is 35.8 Å². The number of fused-ring (bicyclic) bond motifs is 1. The smallest absolute Gasteiger partial charge is 0.313 e. The molecule has 150 valence electrons. The highest BCUT2D eigenvalue weighted by Gasteiger charge is 2.36. The molecule has 0 aromatic heterocycles. The van der Waals surface area contributed by atoms with Gasteiger partial charge in [-0.1, -0.05) is 31.2 Å². The van der Waals surface area contributed by atoms with E-state index in [1.165, 1.54) is 0 Å². The lowest BCUT2D eigenvalue weighted by molar-refractivity contribution is -0.142. The summed E-state index contributed by atoms with van der Waals surface area (Å²) in [6.45, 7) is 2.09. The first kappa shape index (κ1) is 18.9. The molecule has 8 nitrogen and oxygen atoms in total. The number of hydrogen-bond donors (Lipinski definition) is 2. The number of amides is 1. The monoisotopic (exact) mass is 394 g/mol. The predicted octanol–water partition coefficient (Wildman–Crippen LogP) is 1.42. The van der Waals surface area contributed by atoms with Crippen LogP contribution >= 0.6 is 0 Å². The maximum atomic E-state index is 12.9. The Morgan fingerprint density at radius 1 is 1.31 bits per heavy atom.